The van der Waals surface area contributed by atoms with Crippen molar-refractivity contribution < 1.29 is 9.53 Å². The van der Waals surface area contributed by atoms with Crippen LogP contribution in [0, 0.1) is 11.3 Å². The second kappa shape index (κ2) is 5.69. The third-order valence-electron chi connectivity index (χ3n) is 2.35. The molecule has 0 aliphatic carbocycles. The van der Waals surface area contributed by atoms with Crippen LogP contribution < -0.4 is 10.1 Å². The summed E-state index contributed by atoms with van der Waals surface area (Å²) in [4.78, 5) is 11.6. The molecular weight excluding hydrogens is 244 g/mol. The lowest BCUT2D eigenvalue weighted by Gasteiger charge is -2.06. The van der Waals surface area contributed by atoms with Crippen LogP contribution in [0.25, 0.3) is 0 Å². The Kier molecular flexibility index (Phi) is 3.78. The fraction of sp³-hybridized carbons (Fsp3) is 0.154. The summed E-state index contributed by atoms with van der Waals surface area (Å²) in [6, 6.07) is 10.4. The number of aromatic nitrogens is 2. The van der Waals surface area contributed by atoms with Crippen molar-refractivity contribution in [3.05, 3.63) is 42.1 Å². The Labute approximate surface area is 110 Å². The minimum absolute atomic E-state index is 0.171. The maximum Gasteiger partial charge on any atom is 0.263 e. The molecule has 6 nitrogen and oxygen atoms in total. The molecule has 0 bridgehead atoms. The monoisotopic (exact) mass is 256 g/mol. The molecule has 0 fully saturated rings. The fourth-order valence-electron chi connectivity index (χ4n) is 1.49. The van der Waals surface area contributed by atoms with Gasteiger partial charge in [-0.1, -0.05) is 12.1 Å². The molecule has 1 N–H and O–H groups in total. The molecule has 0 aliphatic rings. The van der Waals surface area contributed by atoms with Gasteiger partial charge in [0, 0.05) is 19.3 Å². The van der Waals surface area contributed by atoms with Gasteiger partial charge in [0.05, 0.1) is 5.56 Å². The van der Waals surface area contributed by atoms with Gasteiger partial charge < -0.3 is 10.1 Å². The van der Waals surface area contributed by atoms with Crippen molar-refractivity contribution in [2.75, 3.05) is 11.9 Å². The molecule has 0 radical (unpaired) electrons. The molecule has 0 spiro atoms. The first-order valence-corrected chi connectivity index (χ1v) is 5.60. The molecule has 0 aliphatic heterocycles. The molecule has 0 saturated carbocycles. The van der Waals surface area contributed by atoms with Crippen LogP contribution in [0.3, 0.4) is 0 Å². The van der Waals surface area contributed by atoms with E-state index in [0.29, 0.717) is 17.1 Å². The Balaban J connectivity index is 1.92. The van der Waals surface area contributed by atoms with Gasteiger partial charge in [0.2, 0.25) is 0 Å². The summed E-state index contributed by atoms with van der Waals surface area (Å²) in [6.07, 6.45) is 1.72. The van der Waals surface area contributed by atoms with E-state index in [1.165, 1.54) is 0 Å². The van der Waals surface area contributed by atoms with Crippen molar-refractivity contribution in [2.45, 2.75) is 0 Å². The van der Waals surface area contributed by atoms with Gasteiger partial charge in [0.1, 0.15) is 11.8 Å². The van der Waals surface area contributed by atoms with Crippen LogP contribution in [0.4, 0.5) is 5.82 Å². The number of nitrogens with zero attached hydrogens (tertiary/aromatic N) is 3. The fourth-order valence-corrected chi connectivity index (χ4v) is 1.49. The minimum Gasteiger partial charge on any atom is -0.482 e. The summed E-state index contributed by atoms with van der Waals surface area (Å²) < 4.78 is 6.88. The smallest absolute Gasteiger partial charge is 0.263 e. The normalized spacial score (nSPS) is 9.68. The van der Waals surface area contributed by atoms with E-state index < -0.39 is 0 Å². The maximum absolute atomic E-state index is 11.6. The highest BCUT2D eigenvalue weighted by Gasteiger charge is 2.07. The van der Waals surface area contributed by atoms with Gasteiger partial charge in [0.25, 0.3) is 5.91 Å². The first kappa shape index (κ1) is 12.6. The highest BCUT2D eigenvalue weighted by atomic mass is 16.5. The standard InChI is InChI=1S/C13H12N4O2/c1-17-7-6-12(16-17)15-13(18)9-19-11-5-3-2-4-10(11)8-14/h2-7H,9H2,1H3,(H,15,16,18). The van der Waals surface area contributed by atoms with E-state index >= 15 is 0 Å². The highest BCUT2D eigenvalue weighted by molar-refractivity contribution is 5.90. The molecule has 6 heteroatoms. The van der Waals surface area contributed by atoms with Gasteiger partial charge in [-0.15, -0.1) is 0 Å². The quantitative estimate of drug-likeness (QED) is 0.894. The van der Waals surface area contributed by atoms with E-state index in [1.807, 2.05) is 6.07 Å². The molecule has 2 aromatic rings. The molecular formula is C13H12N4O2. The number of rotatable bonds is 4. The van der Waals surface area contributed by atoms with Crippen LogP contribution in [0.2, 0.25) is 0 Å². The number of nitrogens with one attached hydrogen (secondary N) is 1. The number of anilines is 1. The number of hydrogen-bond acceptors (Lipinski definition) is 4. The van der Waals surface area contributed by atoms with Gasteiger partial charge >= 0.3 is 0 Å². The first-order valence-electron chi connectivity index (χ1n) is 5.60. The summed E-state index contributed by atoms with van der Waals surface area (Å²) in [5, 5.41) is 15.5. The predicted molar refractivity (Wildman–Crippen MR) is 68.5 cm³/mol. The molecule has 2 rings (SSSR count). The van der Waals surface area contributed by atoms with Crippen LogP contribution in [0.1, 0.15) is 5.56 Å². The zero-order valence-electron chi connectivity index (χ0n) is 10.3. The molecule has 1 amide bonds. The third-order valence-corrected chi connectivity index (χ3v) is 2.35. The number of nitriles is 1. The number of benzene rings is 1. The third kappa shape index (κ3) is 3.33. The average Bonchev–Trinajstić information content (AvgIpc) is 2.82. The van der Waals surface area contributed by atoms with Gasteiger partial charge in [-0.3, -0.25) is 9.48 Å². The van der Waals surface area contributed by atoms with E-state index in [-0.39, 0.29) is 12.5 Å². The summed E-state index contributed by atoms with van der Waals surface area (Å²) in [7, 11) is 1.76. The first-order chi connectivity index (χ1) is 9.19. The summed E-state index contributed by atoms with van der Waals surface area (Å²) in [5.74, 6) is 0.525. The van der Waals surface area contributed by atoms with Crippen LogP contribution in [-0.2, 0) is 11.8 Å². The highest BCUT2D eigenvalue weighted by Crippen LogP contribution is 2.16. The van der Waals surface area contributed by atoms with Crippen LogP contribution in [0.5, 0.6) is 5.75 Å². The molecule has 1 aromatic heterocycles. The summed E-state index contributed by atoms with van der Waals surface area (Å²) in [5.41, 5.74) is 0.396. The second-order valence-electron chi connectivity index (χ2n) is 3.82. The summed E-state index contributed by atoms with van der Waals surface area (Å²) >= 11 is 0. The number of aryl methyl sites for hydroxylation is 1. The Morgan fingerprint density at radius 1 is 1.47 bits per heavy atom. The number of amides is 1. The van der Waals surface area contributed by atoms with Crippen molar-refractivity contribution in [3.8, 4) is 11.8 Å². The maximum atomic E-state index is 11.6. The number of carbonyl (C=O) groups is 1. The van der Waals surface area contributed by atoms with E-state index in [1.54, 1.807) is 48.3 Å². The zero-order valence-corrected chi connectivity index (χ0v) is 10.3. The molecule has 19 heavy (non-hydrogen) atoms. The van der Waals surface area contributed by atoms with Gasteiger partial charge in [-0.05, 0) is 12.1 Å². The minimum atomic E-state index is -0.327. The molecule has 1 heterocycles. The van der Waals surface area contributed by atoms with Crippen LogP contribution in [-0.4, -0.2) is 22.3 Å². The Morgan fingerprint density at radius 2 is 2.26 bits per heavy atom. The largest absolute Gasteiger partial charge is 0.482 e. The van der Waals surface area contributed by atoms with E-state index in [0.717, 1.165) is 0 Å². The second-order valence-corrected chi connectivity index (χ2v) is 3.82. The van der Waals surface area contributed by atoms with Gasteiger partial charge in [-0.25, -0.2) is 0 Å². The molecule has 0 atom stereocenters. The van der Waals surface area contributed by atoms with Crippen LogP contribution in [0.15, 0.2) is 36.5 Å². The van der Waals surface area contributed by atoms with Crippen molar-refractivity contribution in [3.63, 3.8) is 0 Å². The Bertz CT molecular complexity index is 628. The lowest BCUT2D eigenvalue weighted by atomic mass is 10.2. The van der Waals surface area contributed by atoms with Gasteiger partial charge in [-0.2, -0.15) is 10.4 Å². The number of carbonyl (C=O) groups excluding carboxylic acids is 1. The van der Waals surface area contributed by atoms with E-state index in [2.05, 4.69) is 10.4 Å². The Hall–Kier alpha value is -2.81. The number of para-hydroxylation sites is 1. The molecule has 1 aromatic carbocycles. The van der Waals surface area contributed by atoms with Gasteiger partial charge in [0.15, 0.2) is 12.4 Å². The lowest BCUT2D eigenvalue weighted by Crippen LogP contribution is -2.20. The van der Waals surface area contributed by atoms with E-state index in [9.17, 15) is 4.79 Å². The lowest BCUT2D eigenvalue weighted by molar-refractivity contribution is -0.118. The zero-order chi connectivity index (χ0) is 13.7. The van der Waals surface area contributed by atoms with Crippen LogP contribution >= 0.6 is 0 Å². The number of hydrogen-bond donors (Lipinski definition) is 1. The van der Waals surface area contributed by atoms with Crippen molar-refractivity contribution in [2.24, 2.45) is 7.05 Å². The molecule has 96 valence electrons. The van der Waals surface area contributed by atoms with E-state index in [4.69, 9.17) is 10.00 Å². The average molecular weight is 256 g/mol. The van der Waals surface area contributed by atoms with Crippen molar-refractivity contribution in [1.82, 2.24) is 9.78 Å². The molecule has 0 saturated heterocycles. The Morgan fingerprint density at radius 3 is 2.95 bits per heavy atom. The SMILES string of the molecule is Cn1ccc(NC(=O)COc2ccccc2C#N)n1. The predicted octanol–water partition coefficient (Wildman–Crippen LogP) is 1.31. The topological polar surface area (TPSA) is 79.9 Å². The number of ether oxygens (including phenoxy) is 1. The molecule has 0 unspecified atom stereocenters. The van der Waals surface area contributed by atoms with Crippen molar-refractivity contribution in [1.29, 1.82) is 5.26 Å². The summed E-state index contributed by atoms with van der Waals surface area (Å²) in [6.45, 7) is -0.171. The van der Waals surface area contributed by atoms with Crippen molar-refractivity contribution >= 4 is 11.7 Å².